The van der Waals surface area contributed by atoms with Crippen LogP contribution < -0.4 is 10.6 Å². The molecule has 2 heterocycles. The largest absolute Gasteiger partial charge is 0.355 e. The second-order valence-electron chi connectivity index (χ2n) is 7.36. The van der Waals surface area contributed by atoms with E-state index < -0.39 is 10.0 Å². The first-order chi connectivity index (χ1) is 12.5. The lowest BCUT2D eigenvalue weighted by Crippen LogP contribution is -2.53. The fourth-order valence-corrected chi connectivity index (χ4v) is 5.52. The number of likely N-dealkylation sites (tertiary alicyclic amines) is 1. The number of rotatable bonds is 7. The van der Waals surface area contributed by atoms with Gasteiger partial charge in [-0.1, -0.05) is 20.3 Å². The van der Waals surface area contributed by atoms with E-state index in [0.717, 1.165) is 31.9 Å². The summed E-state index contributed by atoms with van der Waals surface area (Å²) in [4.78, 5) is 6.90. The molecular weight excluding hydrogens is 350 g/mol. The number of hydrogen-bond donors (Lipinski definition) is 2. The second kappa shape index (κ2) is 10.5. The molecule has 2 fully saturated rings. The second-order valence-corrected chi connectivity index (χ2v) is 9.45. The highest BCUT2D eigenvalue weighted by Crippen LogP contribution is 2.16. The quantitative estimate of drug-likeness (QED) is 0.508. The van der Waals surface area contributed by atoms with Crippen LogP contribution in [0.5, 0.6) is 0 Å². The topological polar surface area (TPSA) is 77.0 Å². The van der Waals surface area contributed by atoms with Crippen molar-refractivity contribution in [3.63, 3.8) is 0 Å². The van der Waals surface area contributed by atoms with Crippen LogP contribution in [0.15, 0.2) is 4.99 Å². The van der Waals surface area contributed by atoms with Crippen molar-refractivity contribution >= 4 is 16.0 Å². The van der Waals surface area contributed by atoms with E-state index in [1.54, 1.807) is 11.4 Å². The van der Waals surface area contributed by atoms with Gasteiger partial charge in [0.15, 0.2) is 5.96 Å². The Morgan fingerprint density at radius 3 is 2.46 bits per heavy atom. The smallest absolute Gasteiger partial charge is 0.214 e. The molecule has 8 heteroatoms. The van der Waals surface area contributed by atoms with Gasteiger partial charge in [-0.2, -0.15) is 0 Å². The Morgan fingerprint density at radius 2 is 1.85 bits per heavy atom. The van der Waals surface area contributed by atoms with Crippen molar-refractivity contribution in [3.8, 4) is 0 Å². The fraction of sp³-hybridized carbons (Fsp3) is 0.944. The van der Waals surface area contributed by atoms with Crippen molar-refractivity contribution in [1.29, 1.82) is 0 Å². The molecular formula is C18H37N5O2S. The fourth-order valence-electron chi connectivity index (χ4n) is 3.98. The summed E-state index contributed by atoms with van der Waals surface area (Å²) in [6.07, 6.45) is 6.18. The third kappa shape index (κ3) is 6.09. The van der Waals surface area contributed by atoms with E-state index in [1.807, 2.05) is 6.92 Å². The van der Waals surface area contributed by atoms with E-state index in [0.29, 0.717) is 25.6 Å². The highest BCUT2D eigenvalue weighted by Gasteiger charge is 2.28. The van der Waals surface area contributed by atoms with Crippen molar-refractivity contribution < 1.29 is 8.42 Å². The van der Waals surface area contributed by atoms with Crippen molar-refractivity contribution in [1.82, 2.24) is 19.8 Å². The number of nitrogens with zero attached hydrogens (tertiary/aromatic N) is 3. The molecule has 2 saturated heterocycles. The first-order valence-corrected chi connectivity index (χ1v) is 11.8. The predicted molar refractivity (Wildman–Crippen MR) is 108 cm³/mol. The molecule has 1 atom stereocenters. The van der Waals surface area contributed by atoms with Gasteiger partial charge in [-0.15, -0.1) is 0 Å². The molecule has 7 nitrogen and oxygen atoms in total. The van der Waals surface area contributed by atoms with Crippen LogP contribution in [0, 0.1) is 0 Å². The van der Waals surface area contributed by atoms with E-state index in [2.05, 4.69) is 27.4 Å². The Kier molecular flexibility index (Phi) is 8.63. The SMILES string of the molecule is CCCS(=O)(=O)N1CCC(NC(=NC)NCC2CCCCN2CC)CC1. The zero-order valence-electron chi connectivity index (χ0n) is 16.7. The number of piperidine rings is 2. The summed E-state index contributed by atoms with van der Waals surface area (Å²) in [6, 6.07) is 0.858. The molecule has 0 aliphatic carbocycles. The summed E-state index contributed by atoms with van der Waals surface area (Å²) < 4.78 is 26.0. The number of sulfonamides is 1. The van der Waals surface area contributed by atoms with Gasteiger partial charge in [-0.05, 0) is 45.2 Å². The molecule has 2 aliphatic heterocycles. The lowest BCUT2D eigenvalue weighted by atomic mass is 10.0. The van der Waals surface area contributed by atoms with Gasteiger partial charge in [0.2, 0.25) is 10.0 Å². The minimum absolute atomic E-state index is 0.254. The van der Waals surface area contributed by atoms with E-state index in [1.165, 1.54) is 25.8 Å². The molecule has 0 aromatic carbocycles. The maximum Gasteiger partial charge on any atom is 0.214 e. The monoisotopic (exact) mass is 387 g/mol. The van der Waals surface area contributed by atoms with Gasteiger partial charge in [0, 0.05) is 38.8 Å². The summed E-state index contributed by atoms with van der Waals surface area (Å²) in [7, 11) is -1.27. The molecule has 0 bridgehead atoms. The van der Waals surface area contributed by atoms with Crippen molar-refractivity contribution in [3.05, 3.63) is 0 Å². The third-order valence-corrected chi connectivity index (χ3v) is 7.61. The molecule has 2 aliphatic rings. The molecule has 0 aromatic heterocycles. The number of likely N-dealkylation sites (N-methyl/N-ethyl adjacent to an activating group) is 1. The first kappa shape index (κ1) is 21.4. The molecule has 0 radical (unpaired) electrons. The summed E-state index contributed by atoms with van der Waals surface area (Å²) in [5.41, 5.74) is 0. The van der Waals surface area contributed by atoms with Gasteiger partial charge < -0.3 is 10.6 Å². The lowest BCUT2D eigenvalue weighted by Gasteiger charge is -2.36. The Hall–Kier alpha value is -0.860. The average molecular weight is 388 g/mol. The standard InChI is InChI=1S/C18H37N5O2S/c1-4-14-26(24,25)23-12-9-16(10-13-23)21-18(19-3)20-15-17-8-6-7-11-22(17)5-2/h16-17H,4-15H2,1-3H3,(H2,19,20,21). The molecule has 1 unspecified atom stereocenters. The Balaban J connectivity index is 1.77. The molecule has 0 saturated carbocycles. The molecule has 2 rings (SSSR count). The number of nitrogens with one attached hydrogen (secondary N) is 2. The summed E-state index contributed by atoms with van der Waals surface area (Å²) in [5.74, 6) is 1.09. The minimum atomic E-state index is -3.07. The van der Waals surface area contributed by atoms with E-state index >= 15 is 0 Å². The Bertz CT molecular complexity index is 544. The van der Waals surface area contributed by atoms with Crippen LogP contribution in [-0.4, -0.2) is 81.2 Å². The van der Waals surface area contributed by atoms with E-state index in [-0.39, 0.29) is 11.8 Å². The highest BCUT2D eigenvalue weighted by molar-refractivity contribution is 7.89. The normalized spacial score (nSPS) is 24.6. The van der Waals surface area contributed by atoms with Crippen molar-refractivity contribution in [2.24, 2.45) is 4.99 Å². The van der Waals surface area contributed by atoms with E-state index in [4.69, 9.17) is 0 Å². The maximum atomic E-state index is 12.2. The molecule has 0 spiro atoms. The summed E-state index contributed by atoms with van der Waals surface area (Å²) in [6.45, 7) is 8.55. The lowest BCUT2D eigenvalue weighted by molar-refractivity contribution is 0.157. The van der Waals surface area contributed by atoms with Crippen LogP contribution in [0.2, 0.25) is 0 Å². The van der Waals surface area contributed by atoms with Crippen LogP contribution in [0.25, 0.3) is 0 Å². The maximum absolute atomic E-state index is 12.2. The Morgan fingerprint density at radius 1 is 1.12 bits per heavy atom. The number of hydrogen-bond acceptors (Lipinski definition) is 4. The van der Waals surface area contributed by atoms with Gasteiger partial charge in [0.05, 0.1) is 5.75 Å². The molecule has 0 amide bonds. The predicted octanol–water partition coefficient (Wildman–Crippen LogP) is 1.23. The van der Waals surface area contributed by atoms with Gasteiger partial charge in [-0.3, -0.25) is 9.89 Å². The van der Waals surface area contributed by atoms with Gasteiger partial charge in [0.25, 0.3) is 0 Å². The van der Waals surface area contributed by atoms with Crippen molar-refractivity contribution in [2.45, 2.75) is 64.5 Å². The van der Waals surface area contributed by atoms with Gasteiger partial charge in [0.1, 0.15) is 0 Å². The molecule has 26 heavy (non-hydrogen) atoms. The average Bonchev–Trinajstić information content (AvgIpc) is 2.65. The van der Waals surface area contributed by atoms with Crippen LogP contribution in [0.1, 0.15) is 52.4 Å². The molecule has 2 N–H and O–H groups in total. The van der Waals surface area contributed by atoms with Crippen LogP contribution in [0.3, 0.4) is 0 Å². The van der Waals surface area contributed by atoms with Crippen molar-refractivity contribution in [2.75, 3.05) is 45.5 Å². The highest BCUT2D eigenvalue weighted by atomic mass is 32.2. The first-order valence-electron chi connectivity index (χ1n) is 10.2. The minimum Gasteiger partial charge on any atom is -0.355 e. The zero-order valence-corrected chi connectivity index (χ0v) is 17.5. The number of guanidine groups is 1. The summed E-state index contributed by atoms with van der Waals surface area (Å²) >= 11 is 0. The third-order valence-electron chi connectivity index (χ3n) is 5.53. The molecule has 0 aromatic rings. The Labute approximate surface area is 159 Å². The van der Waals surface area contributed by atoms with Crippen LogP contribution in [-0.2, 0) is 10.0 Å². The number of aliphatic imine (C=N–C) groups is 1. The van der Waals surface area contributed by atoms with Gasteiger partial charge >= 0.3 is 0 Å². The van der Waals surface area contributed by atoms with E-state index in [9.17, 15) is 8.42 Å². The summed E-state index contributed by atoms with van der Waals surface area (Å²) in [5, 5.41) is 6.96. The van der Waals surface area contributed by atoms with Crippen LogP contribution >= 0.6 is 0 Å². The zero-order chi connectivity index (χ0) is 19.0. The van der Waals surface area contributed by atoms with Crippen LogP contribution in [0.4, 0.5) is 0 Å². The molecule has 152 valence electrons. The van der Waals surface area contributed by atoms with Gasteiger partial charge in [-0.25, -0.2) is 12.7 Å².